The molecule has 0 radical (unpaired) electrons. The molecule has 1 aliphatic heterocycles. The summed E-state index contributed by atoms with van der Waals surface area (Å²) in [6.45, 7) is 7.23. The van der Waals surface area contributed by atoms with Gasteiger partial charge in [-0.25, -0.2) is 4.79 Å². The number of ether oxygens (including phenoxy) is 1. The predicted molar refractivity (Wildman–Crippen MR) is 152 cm³/mol. The fourth-order valence-corrected chi connectivity index (χ4v) is 5.47. The molecule has 3 amide bonds. The average Bonchev–Trinajstić information content (AvgIpc) is 3.31. The highest BCUT2D eigenvalue weighted by atomic mass is 79.9. The minimum absolute atomic E-state index is 0.00136. The maximum Gasteiger partial charge on any atom is 0.322 e. The first-order valence-corrected chi connectivity index (χ1v) is 14.1. The number of nitrogens with zero attached hydrogens (tertiary/aromatic N) is 3. The summed E-state index contributed by atoms with van der Waals surface area (Å²) in [5.74, 6) is -0.0822. The van der Waals surface area contributed by atoms with Crippen molar-refractivity contribution >= 4 is 44.9 Å². The highest BCUT2D eigenvalue weighted by Crippen LogP contribution is 2.20. The summed E-state index contributed by atoms with van der Waals surface area (Å²) in [6.07, 6.45) is 0. The van der Waals surface area contributed by atoms with Gasteiger partial charge in [0.25, 0.3) is 0 Å². The lowest BCUT2D eigenvalue weighted by Crippen LogP contribution is -2.48. The predicted octanol–water partition coefficient (Wildman–Crippen LogP) is 5.21. The highest BCUT2D eigenvalue weighted by molar-refractivity contribution is 9.10. The van der Waals surface area contributed by atoms with Crippen LogP contribution in [0.2, 0.25) is 0 Å². The van der Waals surface area contributed by atoms with Crippen LogP contribution >= 0.6 is 27.3 Å². The molecule has 37 heavy (non-hydrogen) atoms. The first kappa shape index (κ1) is 27.3. The first-order valence-electron chi connectivity index (χ1n) is 12.4. The van der Waals surface area contributed by atoms with Gasteiger partial charge in [-0.2, -0.15) is 0 Å². The zero-order chi connectivity index (χ0) is 26.0. The first-order chi connectivity index (χ1) is 18.0. The number of carbonyl (C=O) groups is 2. The Bertz CT molecular complexity index is 1170. The van der Waals surface area contributed by atoms with E-state index in [9.17, 15) is 9.59 Å². The van der Waals surface area contributed by atoms with Crippen molar-refractivity contribution in [2.75, 3.05) is 51.3 Å². The zero-order valence-corrected chi connectivity index (χ0v) is 23.5. The molecule has 1 aliphatic rings. The molecule has 0 atom stereocenters. The molecule has 3 aromatic rings. The monoisotopic (exact) mass is 584 g/mol. The minimum Gasteiger partial charge on any atom is -0.379 e. The van der Waals surface area contributed by atoms with Crippen LogP contribution in [0.4, 0.5) is 10.5 Å². The van der Waals surface area contributed by atoms with Gasteiger partial charge in [0.2, 0.25) is 5.91 Å². The van der Waals surface area contributed by atoms with E-state index in [-0.39, 0.29) is 18.5 Å². The molecular weight excluding hydrogens is 552 g/mol. The maximum atomic E-state index is 13.7. The smallest absolute Gasteiger partial charge is 0.322 e. The number of hydrogen-bond acceptors (Lipinski definition) is 5. The molecule has 196 valence electrons. The fraction of sp³-hybridized carbons (Fsp3) is 0.357. The summed E-state index contributed by atoms with van der Waals surface area (Å²) in [7, 11) is 0. The van der Waals surface area contributed by atoms with E-state index < -0.39 is 0 Å². The number of halogens is 1. The molecular formula is C28H33BrN4O3S. The summed E-state index contributed by atoms with van der Waals surface area (Å²) in [5.41, 5.74) is 1.74. The molecule has 0 bridgehead atoms. The van der Waals surface area contributed by atoms with E-state index >= 15 is 0 Å². The van der Waals surface area contributed by atoms with Crippen molar-refractivity contribution in [1.29, 1.82) is 0 Å². The van der Waals surface area contributed by atoms with Crippen LogP contribution in [-0.4, -0.2) is 72.6 Å². The number of nitrogens with one attached hydrogen (secondary N) is 1. The molecule has 1 N–H and O–H groups in total. The zero-order valence-electron chi connectivity index (χ0n) is 21.1. The van der Waals surface area contributed by atoms with Crippen LogP contribution in [0, 0.1) is 6.92 Å². The van der Waals surface area contributed by atoms with Gasteiger partial charge < -0.3 is 19.9 Å². The van der Waals surface area contributed by atoms with E-state index in [1.54, 1.807) is 16.2 Å². The molecule has 0 unspecified atom stereocenters. The Kier molecular flexibility index (Phi) is 10.1. The highest BCUT2D eigenvalue weighted by Gasteiger charge is 2.23. The van der Waals surface area contributed by atoms with Crippen LogP contribution in [0.3, 0.4) is 0 Å². The fourth-order valence-electron chi connectivity index (χ4n) is 4.17. The quantitative estimate of drug-likeness (QED) is 0.355. The van der Waals surface area contributed by atoms with Gasteiger partial charge in [-0.1, -0.05) is 52.3 Å². The van der Waals surface area contributed by atoms with Crippen molar-refractivity contribution in [3.63, 3.8) is 0 Å². The van der Waals surface area contributed by atoms with Crippen LogP contribution in [-0.2, 0) is 22.6 Å². The molecule has 0 spiro atoms. The van der Waals surface area contributed by atoms with Crippen LogP contribution in [0.1, 0.15) is 15.3 Å². The van der Waals surface area contributed by atoms with Gasteiger partial charge in [-0.3, -0.25) is 9.69 Å². The standard InChI is InChI=1S/C28H33BrN4O3S/c1-22-10-11-26(37-22)20-33(19-23-6-3-2-4-7-23)27(34)21-32(13-12-31-14-16-36-17-15-31)28(35)30-25-9-5-8-24(29)18-25/h2-11,18H,12-17,19-21H2,1H3,(H,30,35). The molecule has 1 aromatic heterocycles. The molecule has 9 heteroatoms. The average molecular weight is 586 g/mol. The summed E-state index contributed by atoms with van der Waals surface area (Å²) >= 11 is 5.14. The third-order valence-corrected chi connectivity index (χ3v) is 7.67. The number of morpholine rings is 1. The molecule has 0 aliphatic carbocycles. The maximum absolute atomic E-state index is 13.7. The van der Waals surface area contributed by atoms with E-state index in [1.807, 2.05) is 59.5 Å². The second kappa shape index (κ2) is 13.7. The van der Waals surface area contributed by atoms with Crippen molar-refractivity contribution in [3.05, 3.63) is 86.5 Å². The Labute approximate surface area is 231 Å². The Morgan fingerprint density at radius 1 is 1.00 bits per heavy atom. The van der Waals surface area contributed by atoms with Crippen molar-refractivity contribution in [2.45, 2.75) is 20.0 Å². The van der Waals surface area contributed by atoms with Gasteiger partial charge in [0.05, 0.1) is 19.8 Å². The van der Waals surface area contributed by atoms with Gasteiger partial charge in [0.15, 0.2) is 0 Å². The summed E-state index contributed by atoms with van der Waals surface area (Å²) in [5, 5.41) is 2.96. The Morgan fingerprint density at radius 3 is 2.49 bits per heavy atom. The van der Waals surface area contributed by atoms with Crippen molar-refractivity contribution in [1.82, 2.24) is 14.7 Å². The van der Waals surface area contributed by atoms with Gasteiger partial charge in [-0.15, -0.1) is 11.3 Å². The van der Waals surface area contributed by atoms with Crippen LogP contribution in [0.15, 0.2) is 71.2 Å². The summed E-state index contributed by atoms with van der Waals surface area (Å²) < 4.78 is 6.33. The Balaban J connectivity index is 1.49. The third-order valence-electron chi connectivity index (χ3n) is 6.19. The third kappa shape index (κ3) is 8.67. The van der Waals surface area contributed by atoms with Crippen LogP contribution in [0.25, 0.3) is 0 Å². The SMILES string of the molecule is Cc1ccc(CN(Cc2ccccc2)C(=O)CN(CCN2CCOCC2)C(=O)Nc2cccc(Br)c2)s1. The number of amides is 3. The largest absolute Gasteiger partial charge is 0.379 e. The Hall–Kier alpha value is -2.72. The van der Waals surface area contributed by atoms with Crippen LogP contribution in [0.5, 0.6) is 0 Å². The Morgan fingerprint density at radius 2 is 1.78 bits per heavy atom. The number of carbonyl (C=O) groups excluding carboxylic acids is 2. The molecule has 4 rings (SSSR count). The number of anilines is 1. The van der Waals surface area contributed by atoms with E-state index in [0.29, 0.717) is 45.1 Å². The van der Waals surface area contributed by atoms with E-state index in [0.717, 1.165) is 28.0 Å². The molecule has 7 nitrogen and oxygen atoms in total. The number of aryl methyl sites for hydroxylation is 1. The summed E-state index contributed by atoms with van der Waals surface area (Å²) in [6, 6.07) is 21.3. The van der Waals surface area contributed by atoms with E-state index in [4.69, 9.17) is 4.74 Å². The van der Waals surface area contributed by atoms with Crippen molar-refractivity contribution in [2.24, 2.45) is 0 Å². The van der Waals surface area contributed by atoms with Gasteiger partial charge in [0.1, 0.15) is 6.54 Å². The van der Waals surface area contributed by atoms with E-state index in [1.165, 1.54) is 4.88 Å². The topological polar surface area (TPSA) is 65.1 Å². The number of thiophene rings is 1. The number of urea groups is 1. The lowest BCUT2D eigenvalue weighted by atomic mass is 10.2. The second-order valence-electron chi connectivity index (χ2n) is 9.06. The van der Waals surface area contributed by atoms with E-state index in [2.05, 4.69) is 45.2 Å². The lowest BCUT2D eigenvalue weighted by molar-refractivity contribution is -0.133. The number of hydrogen-bond donors (Lipinski definition) is 1. The molecule has 1 fully saturated rings. The number of rotatable bonds is 10. The van der Waals surface area contributed by atoms with Gasteiger partial charge >= 0.3 is 6.03 Å². The minimum atomic E-state index is -0.286. The van der Waals surface area contributed by atoms with Gasteiger partial charge in [0, 0.05) is 52.6 Å². The van der Waals surface area contributed by atoms with Crippen molar-refractivity contribution in [3.8, 4) is 0 Å². The summed E-state index contributed by atoms with van der Waals surface area (Å²) in [4.78, 5) is 35.1. The normalized spacial score (nSPS) is 13.8. The number of benzene rings is 2. The molecule has 2 heterocycles. The van der Waals surface area contributed by atoms with Gasteiger partial charge in [-0.05, 0) is 42.8 Å². The lowest BCUT2D eigenvalue weighted by Gasteiger charge is -2.31. The van der Waals surface area contributed by atoms with Crippen molar-refractivity contribution < 1.29 is 14.3 Å². The molecule has 0 saturated carbocycles. The second-order valence-corrected chi connectivity index (χ2v) is 11.4. The molecule has 1 saturated heterocycles. The van der Waals surface area contributed by atoms with Crippen LogP contribution < -0.4 is 5.32 Å². The molecule has 2 aromatic carbocycles.